The van der Waals surface area contributed by atoms with E-state index in [1.165, 1.54) is 16.8 Å². The van der Waals surface area contributed by atoms with Crippen molar-refractivity contribution in [2.45, 2.75) is 37.8 Å². The van der Waals surface area contributed by atoms with Crippen LogP contribution >= 0.6 is 12.4 Å². The molecule has 1 aromatic heterocycles. The molecule has 0 bridgehead atoms. The van der Waals surface area contributed by atoms with Gasteiger partial charge in [0.2, 0.25) is 0 Å². The van der Waals surface area contributed by atoms with Crippen LogP contribution in [0.1, 0.15) is 41.7 Å². The molecule has 7 heteroatoms. The minimum atomic E-state index is -0.334. The van der Waals surface area contributed by atoms with E-state index in [1.807, 2.05) is 30.3 Å². The van der Waals surface area contributed by atoms with E-state index in [9.17, 15) is 9.59 Å². The predicted molar refractivity (Wildman–Crippen MR) is 99.0 cm³/mol. The van der Waals surface area contributed by atoms with Crippen LogP contribution < -0.4 is 16.6 Å². The predicted octanol–water partition coefficient (Wildman–Crippen LogP) is 1.71. The Morgan fingerprint density at radius 3 is 2.48 bits per heavy atom. The first kappa shape index (κ1) is 19.1. The molecule has 1 aliphatic carbocycles. The van der Waals surface area contributed by atoms with Gasteiger partial charge in [-0.25, -0.2) is 4.68 Å². The van der Waals surface area contributed by atoms with Gasteiger partial charge >= 0.3 is 0 Å². The molecular weight excluding hydrogens is 340 g/mol. The van der Waals surface area contributed by atoms with Crippen LogP contribution in [0.25, 0.3) is 0 Å². The fourth-order valence-corrected chi connectivity index (χ4v) is 3.18. The van der Waals surface area contributed by atoms with Gasteiger partial charge in [-0.1, -0.05) is 43.2 Å². The number of hydrogen-bond donors (Lipinski definition) is 2. The van der Waals surface area contributed by atoms with E-state index in [0.717, 1.165) is 31.2 Å². The van der Waals surface area contributed by atoms with Gasteiger partial charge in [-0.2, -0.15) is 5.10 Å². The topological polar surface area (TPSA) is 90.0 Å². The Morgan fingerprint density at radius 2 is 1.84 bits per heavy atom. The molecule has 1 aromatic carbocycles. The fraction of sp³-hybridized carbons (Fsp3) is 0.389. The van der Waals surface area contributed by atoms with Crippen LogP contribution in [-0.4, -0.2) is 27.8 Å². The molecule has 1 saturated carbocycles. The second-order valence-corrected chi connectivity index (χ2v) is 6.35. The SMILES string of the molecule is Cl.NCC1(NC(=O)c2ccc(=O)n(Cc3ccccc3)n2)CCCC1. The summed E-state index contributed by atoms with van der Waals surface area (Å²) in [4.78, 5) is 24.5. The van der Waals surface area contributed by atoms with Crippen molar-refractivity contribution < 1.29 is 4.79 Å². The molecule has 1 heterocycles. The second kappa shape index (κ2) is 8.27. The van der Waals surface area contributed by atoms with Crippen LogP contribution in [0.5, 0.6) is 0 Å². The van der Waals surface area contributed by atoms with Gasteiger partial charge in [-0.3, -0.25) is 9.59 Å². The van der Waals surface area contributed by atoms with Gasteiger partial charge in [0.1, 0.15) is 5.69 Å². The van der Waals surface area contributed by atoms with Crippen LogP contribution in [0.4, 0.5) is 0 Å². The molecule has 0 radical (unpaired) electrons. The van der Waals surface area contributed by atoms with E-state index >= 15 is 0 Å². The molecule has 1 amide bonds. The maximum absolute atomic E-state index is 12.5. The van der Waals surface area contributed by atoms with Crippen LogP contribution in [0.15, 0.2) is 47.3 Å². The zero-order chi connectivity index (χ0) is 17.0. The summed E-state index contributed by atoms with van der Waals surface area (Å²) in [5.74, 6) is -0.274. The average molecular weight is 363 g/mol. The Morgan fingerprint density at radius 1 is 1.16 bits per heavy atom. The molecular formula is C18H23ClN4O2. The molecule has 0 saturated heterocycles. The third-order valence-electron chi connectivity index (χ3n) is 4.60. The molecule has 0 unspecified atom stereocenters. The summed E-state index contributed by atoms with van der Waals surface area (Å²) < 4.78 is 1.31. The van der Waals surface area contributed by atoms with Crippen molar-refractivity contribution in [2.24, 2.45) is 5.73 Å². The number of amides is 1. The molecule has 2 aromatic rings. The lowest BCUT2D eigenvalue weighted by Gasteiger charge is -2.28. The lowest BCUT2D eigenvalue weighted by Crippen LogP contribution is -2.52. The summed E-state index contributed by atoms with van der Waals surface area (Å²) in [6.07, 6.45) is 3.91. The number of aromatic nitrogens is 2. The monoisotopic (exact) mass is 362 g/mol. The van der Waals surface area contributed by atoms with E-state index in [1.54, 1.807) is 0 Å². The third-order valence-corrected chi connectivity index (χ3v) is 4.60. The van der Waals surface area contributed by atoms with Crippen molar-refractivity contribution in [1.82, 2.24) is 15.1 Å². The number of carbonyl (C=O) groups is 1. The van der Waals surface area contributed by atoms with Gasteiger partial charge in [-0.15, -0.1) is 12.4 Å². The van der Waals surface area contributed by atoms with Gasteiger partial charge in [0.25, 0.3) is 11.5 Å². The smallest absolute Gasteiger partial charge is 0.272 e. The highest BCUT2D eigenvalue weighted by Gasteiger charge is 2.34. The molecule has 1 aliphatic rings. The first-order valence-corrected chi connectivity index (χ1v) is 8.27. The molecule has 25 heavy (non-hydrogen) atoms. The van der Waals surface area contributed by atoms with Gasteiger partial charge in [0.05, 0.1) is 12.1 Å². The zero-order valence-electron chi connectivity index (χ0n) is 14.0. The molecule has 6 nitrogen and oxygen atoms in total. The average Bonchev–Trinajstić information content (AvgIpc) is 3.07. The molecule has 0 aliphatic heterocycles. The Labute approximate surface area is 152 Å². The fourth-order valence-electron chi connectivity index (χ4n) is 3.18. The molecule has 0 spiro atoms. The summed E-state index contributed by atoms with van der Waals surface area (Å²) in [6.45, 7) is 0.755. The third kappa shape index (κ3) is 4.46. The molecule has 0 atom stereocenters. The van der Waals surface area contributed by atoms with Crippen molar-refractivity contribution in [1.29, 1.82) is 0 Å². The number of rotatable bonds is 5. The normalized spacial score (nSPS) is 15.4. The molecule has 1 fully saturated rings. The lowest BCUT2D eigenvalue weighted by atomic mass is 9.97. The number of hydrogen-bond acceptors (Lipinski definition) is 4. The van der Waals surface area contributed by atoms with E-state index < -0.39 is 0 Å². The number of nitrogens with zero attached hydrogens (tertiary/aromatic N) is 2. The minimum Gasteiger partial charge on any atom is -0.344 e. The van der Waals surface area contributed by atoms with Crippen molar-refractivity contribution >= 4 is 18.3 Å². The number of halogens is 1. The highest BCUT2D eigenvalue weighted by Crippen LogP contribution is 2.28. The number of nitrogens with two attached hydrogens (primary N) is 1. The standard InChI is InChI=1S/C18H22N4O2.ClH/c19-13-18(10-4-5-11-18)20-17(24)15-8-9-16(23)22(21-15)12-14-6-2-1-3-7-14;/h1-3,6-9H,4-5,10-13,19H2,(H,20,24);1H. The van der Waals surface area contributed by atoms with Crippen LogP contribution in [0, 0.1) is 0 Å². The van der Waals surface area contributed by atoms with Gasteiger partial charge in [-0.05, 0) is 24.5 Å². The van der Waals surface area contributed by atoms with Crippen molar-refractivity contribution in [3.8, 4) is 0 Å². The Hall–Kier alpha value is -2.18. The quantitative estimate of drug-likeness (QED) is 0.847. The largest absolute Gasteiger partial charge is 0.344 e. The Balaban J connectivity index is 0.00000225. The van der Waals surface area contributed by atoms with Gasteiger partial charge < -0.3 is 11.1 Å². The van der Waals surface area contributed by atoms with Crippen LogP contribution in [-0.2, 0) is 6.54 Å². The van der Waals surface area contributed by atoms with Crippen LogP contribution in [0.3, 0.4) is 0 Å². The summed E-state index contributed by atoms with van der Waals surface area (Å²) in [5.41, 5.74) is 6.49. The second-order valence-electron chi connectivity index (χ2n) is 6.35. The van der Waals surface area contributed by atoms with Crippen LogP contribution in [0.2, 0.25) is 0 Å². The van der Waals surface area contributed by atoms with Crippen molar-refractivity contribution in [3.05, 3.63) is 64.1 Å². The number of carbonyl (C=O) groups excluding carboxylic acids is 1. The van der Waals surface area contributed by atoms with E-state index in [4.69, 9.17) is 5.73 Å². The summed E-state index contributed by atoms with van der Waals surface area (Å²) in [6, 6.07) is 12.4. The summed E-state index contributed by atoms with van der Waals surface area (Å²) in [5, 5.41) is 7.25. The first-order chi connectivity index (χ1) is 11.6. The minimum absolute atomic E-state index is 0. The van der Waals surface area contributed by atoms with Gasteiger partial charge in [0.15, 0.2) is 0 Å². The van der Waals surface area contributed by atoms with E-state index in [-0.39, 0.29) is 35.1 Å². The lowest BCUT2D eigenvalue weighted by molar-refractivity contribution is 0.0895. The highest BCUT2D eigenvalue weighted by molar-refractivity contribution is 5.92. The highest BCUT2D eigenvalue weighted by atomic mass is 35.5. The van der Waals surface area contributed by atoms with Gasteiger partial charge in [0, 0.05) is 12.6 Å². The Kier molecular flexibility index (Phi) is 6.33. The zero-order valence-corrected chi connectivity index (χ0v) is 14.8. The maximum Gasteiger partial charge on any atom is 0.272 e. The summed E-state index contributed by atoms with van der Waals surface area (Å²) >= 11 is 0. The Bertz CT molecular complexity index is 770. The molecule has 3 rings (SSSR count). The first-order valence-electron chi connectivity index (χ1n) is 8.27. The summed E-state index contributed by atoms with van der Waals surface area (Å²) in [7, 11) is 0. The number of benzene rings is 1. The van der Waals surface area contributed by atoms with Crippen molar-refractivity contribution in [2.75, 3.05) is 6.54 Å². The van der Waals surface area contributed by atoms with Crippen molar-refractivity contribution in [3.63, 3.8) is 0 Å². The molecule has 3 N–H and O–H groups in total. The van der Waals surface area contributed by atoms with E-state index in [0.29, 0.717) is 13.1 Å². The molecule has 134 valence electrons. The maximum atomic E-state index is 12.5. The van der Waals surface area contributed by atoms with E-state index in [2.05, 4.69) is 10.4 Å². The number of nitrogens with one attached hydrogen (secondary N) is 1.